The Labute approximate surface area is 200 Å². The Morgan fingerprint density at radius 1 is 1.06 bits per heavy atom. The van der Waals surface area contributed by atoms with Crippen molar-refractivity contribution in [1.82, 2.24) is 20.1 Å². The number of pyridine rings is 1. The number of rotatable bonds is 7. The SMILES string of the molecule is N#CC(=Cc1cn(Cc2ccc(Br)cc2)nc1-c1ccccc1)C(=O)NCc1ccccn1. The third-order valence-electron chi connectivity index (χ3n) is 4.92. The van der Waals surface area contributed by atoms with Gasteiger partial charge < -0.3 is 5.32 Å². The molecule has 162 valence electrons. The van der Waals surface area contributed by atoms with E-state index in [4.69, 9.17) is 5.10 Å². The average molecular weight is 498 g/mol. The van der Waals surface area contributed by atoms with Crippen LogP contribution in [0.3, 0.4) is 0 Å². The van der Waals surface area contributed by atoms with E-state index in [9.17, 15) is 10.1 Å². The molecule has 0 fully saturated rings. The molecule has 4 aromatic rings. The van der Waals surface area contributed by atoms with Crippen LogP contribution in [-0.2, 0) is 17.9 Å². The number of halogens is 1. The summed E-state index contributed by atoms with van der Waals surface area (Å²) in [6, 6.07) is 25.2. The van der Waals surface area contributed by atoms with Crippen LogP contribution in [-0.4, -0.2) is 20.7 Å². The molecular weight excluding hydrogens is 478 g/mol. The van der Waals surface area contributed by atoms with Gasteiger partial charge in [-0.2, -0.15) is 10.4 Å². The standard InChI is InChI=1S/C26H20BrN5O/c27-23-11-9-19(10-12-23)17-32-18-22(25(31-32)20-6-2-1-3-7-20)14-21(15-28)26(33)30-16-24-8-4-5-13-29-24/h1-14,18H,16-17H2,(H,30,33). The second-order valence-electron chi connectivity index (χ2n) is 7.30. The van der Waals surface area contributed by atoms with E-state index >= 15 is 0 Å². The molecule has 0 aliphatic carbocycles. The number of benzene rings is 2. The minimum Gasteiger partial charge on any atom is -0.346 e. The maximum absolute atomic E-state index is 12.7. The van der Waals surface area contributed by atoms with Gasteiger partial charge in [0, 0.05) is 28.0 Å². The van der Waals surface area contributed by atoms with Crippen molar-refractivity contribution in [3.63, 3.8) is 0 Å². The summed E-state index contributed by atoms with van der Waals surface area (Å²) in [5.41, 5.74) is 4.12. The number of hydrogen-bond acceptors (Lipinski definition) is 4. The van der Waals surface area contributed by atoms with Crippen molar-refractivity contribution < 1.29 is 4.79 Å². The minimum atomic E-state index is -0.456. The van der Waals surface area contributed by atoms with Crippen molar-refractivity contribution in [2.45, 2.75) is 13.1 Å². The Bertz CT molecular complexity index is 1310. The lowest BCUT2D eigenvalue weighted by Gasteiger charge is -2.04. The van der Waals surface area contributed by atoms with E-state index in [2.05, 4.69) is 26.2 Å². The van der Waals surface area contributed by atoms with E-state index in [1.165, 1.54) is 0 Å². The fourth-order valence-electron chi connectivity index (χ4n) is 3.29. The average Bonchev–Trinajstić information content (AvgIpc) is 3.25. The van der Waals surface area contributed by atoms with Crippen LogP contribution in [0.1, 0.15) is 16.8 Å². The van der Waals surface area contributed by atoms with Gasteiger partial charge >= 0.3 is 0 Å². The molecule has 0 atom stereocenters. The number of carbonyl (C=O) groups is 1. The number of hydrogen-bond donors (Lipinski definition) is 1. The summed E-state index contributed by atoms with van der Waals surface area (Å²) in [7, 11) is 0. The van der Waals surface area contributed by atoms with Crippen LogP contribution in [0.25, 0.3) is 17.3 Å². The van der Waals surface area contributed by atoms with Crippen molar-refractivity contribution >= 4 is 27.9 Å². The fraction of sp³-hybridized carbons (Fsp3) is 0.0769. The van der Waals surface area contributed by atoms with E-state index in [1.807, 2.05) is 89.7 Å². The first-order chi connectivity index (χ1) is 16.1. The van der Waals surface area contributed by atoms with Gasteiger partial charge in [-0.15, -0.1) is 0 Å². The summed E-state index contributed by atoms with van der Waals surface area (Å²) in [5.74, 6) is -0.456. The number of nitrogens with zero attached hydrogens (tertiary/aromatic N) is 4. The largest absolute Gasteiger partial charge is 0.346 e. The molecule has 0 radical (unpaired) electrons. The van der Waals surface area contributed by atoms with E-state index in [-0.39, 0.29) is 12.1 Å². The zero-order chi connectivity index (χ0) is 23.0. The normalized spacial score (nSPS) is 11.1. The Hall–Kier alpha value is -4.02. The topological polar surface area (TPSA) is 83.6 Å². The van der Waals surface area contributed by atoms with Gasteiger partial charge in [-0.1, -0.05) is 64.5 Å². The molecule has 4 rings (SSSR count). The van der Waals surface area contributed by atoms with Crippen molar-refractivity contribution in [2.24, 2.45) is 0 Å². The van der Waals surface area contributed by atoms with Gasteiger partial charge in [0.05, 0.1) is 24.5 Å². The van der Waals surface area contributed by atoms with Crippen LogP contribution >= 0.6 is 15.9 Å². The second kappa shape index (κ2) is 10.5. The van der Waals surface area contributed by atoms with Crippen molar-refractivity contribution in [1.29, 1.82) is 5.26 Å². The lowest BCUT2D eigenvalue weighted by atomic mass is 10.1. The van der Waals surface area contributed by atoms with Crippen molar-refractivity contribution in [2.75, 3.05) is 0 Å². The molecular formula is C26H20BrN5O. The summed E-state index contributed by atoms with van der Waals surface area (Å²) in [6.07, 6.45) is 5.10. The molecule has 33 heavy (non-hydrogen) atoms. The molecule has 0 bridgehead atoms. The summed E-state index contributed by atoms with van der Waals surface area (Å²) < 4.78 is 2.83. The lowest BCUT2D eigenvalue weighted by Crippen LogP contribution is -2.24. The summed E-state index contributed by atoms with van der Waals surface area (Å²) in [6.45, 7) is 0.807. The molecule has 0 spiro atoms. The highest BCUT2D eigenvalue weighted by atomic mass is 79.9. The highest BCUT2D eigenvalue weighted by Crippen LogP contribution is 2.25. The van der Waals surface area contributed by atoms with Crippen LogP contribution in [0.15, 0.2) is 95.2 Å². The molecule has 0 saturated heterocycles. The number of carbonyl (C=O) groups excluding carboxylic acids is 1. The predicted octanol–water partition coefficient (Wildman–Crippen LogP) is 4.98. The second-order valence-corrected chi connectivity index (χ2v) is 8.21. The molecule has 2 heterocycles. The van der Waals surface area contributed by atoms with Crippen LogP contribution in [0.5, 0.6) is 0 Å². The van der Waals surface area contributed by atoms with Gasteiger partial charge in [-0.3, -0.25) is 14.5 Å². The molecule has 0 unspecified atom stereocenters. The number of nitrogens with one attached hydrogen (secondary N) is 1. The molecule has 7 heteroatoms. The van der Waals surface area contributed by atoms with Crippen molar-refractivity contribution in [3.05, 3.63) is 112 Å². The zero-order valence-electron chi connectivity index (χ0n) is 17.6. The van der Waals surface area contributed by atoms with E-state index in [1.54, 1.807) is 12.3 Å². The predicted molar refractivity (Wildman–Crippen MR) is 131 cm³/mol. The molecule has 0 aliphatic rings. The number of amides is 1. The number of aromatic nitrogens is 3. The van der Waals surface area contributed by atoms with E-state index in [0.29, 0.717) is 17.8 Å². The van der Waals surface area contributed by atoms with Crippen LogP contribution in [0.4, 0.5) is 0 Å². The maximum Gasteiger partial charge on any atom is 0.262 e. The third kappa shape index (κ3) is 5.82. The first-order valence-corrected chi connectivity index (χ1v) is 11.1. The molecule has 6 nitrogen and oxygen atoms in total. The molecule has 0 saturated carbocycles. The monoisotopic (exact) mass is 497 g/mol. The maximum atomic E-state index is 12.7. The molecule has 2 aromatic heterocycles. The zero-order valence-corrected chi connectivity index (χ0v) is 19.2. The quantitative estimate of drug-likeness (QED) is 0.288. The summed E-state index contributed by atoms with van der Waals surface area (Å²) in [5, 5.41) is 17.2. The van der Waals surface area contributed by atoms with Gasteiger partial charge in [0.1, 0.15) is 11.6 Å². The number of nitriles is 1. The molecule has 0 aliphatic heterocycles. The minimum absolute atomic E-state index is 0.00584. The molecule has 2 aromatic carbocycles. The lowest BCUT2D eigenvalue weighted by molar-refractivity contribution is -0.117. The van der Waals surface area contributed by atoms with Gasteiger partial charge in [0.25, 0.3) is 5.91 Å². The van der Waals surface area contributed by atoms with E-state index in [0.717, 1.165) is 21.3 Å². The van der Waals surface area contributed by atoms with Gasteiger partial charge in [-0.25, -0.2) is 0 Å². The highest BCUT2D eigenvalue weighted by Gasteiger charge is 2.15. The molecule has 1 N–H and O–H groups in total. The van der Waals surface area contributed by atoms with Gasteiger partial charge in [0.15, 0.2) is 0 Å². The van der Waals surface area contributed by atoms with Gasteiger partial charge in [-0.05, 0) is 35.9 Å². The third-order valence-corrected chi connectivity index (χ3v) is 5.44. The summed E-state index contributed by atoms with van der Waals surface area (Å²) in [4.78, 5) is 16.9. The van der Waals surface area contributed by atoms with Crippen LogP contribution in [0, 0.1) is 11.3 Å². The van der Waals surface area contributed by atoms with Gasteiger partial charge in [0.2, 0.25) is 0 Å². The Morgan fingerprint density at radius 2 is 1.82 bits per heavy atom. The fourth-order valence-corrected chi connectivity index (χ4v) is 3.56. The first kappa shape index (κ1) is 22.2. The van der Waals surface area contributed by atoms with Crippen molar-refractivity contribution in [3.8, 4) is 17.3 Å². The Kier molecular flexibility index (Phi) is 7.08. The first-order valence-electron chi connectivity index (χ1n) is 10.3. The Balaban J connectivity index is 1.63. The molecule has 1 amide bonds. The van der Waals surface area contributed by atoms with Crippen LogP contribution in [0.2, 0.25) is 0 Å². The van der Waals surface area contributed by atoms with Crippen LogP contribution < -0.4 is 5.32 Å². The smallest absolute Gasteiger partial charge is 0.262 e. The Morgan fingerprint density at radius 3 is 2.52 bits per heavy atom. The summed E-state index contributed by atoms with van der Waals surface area (Å²) >= 11 is 3.45. The highest BCUT2D eigenvalue weighted by molar-refractivity contribution is 9.10. The van der Waals surface area contributed by atoms with E-state index < -0.39 is 5.91 Å².